The molecular formula is C13H18FNO3S. The lowest BCUT2D eigenvalue weighted by Crippen LogP contribution is -2.44. The van der Waals surface area contributed by atoms with Gasteiger partial charge in [-0.1, -0.05) is 31.4 Å². The molecule has 0 radical (unpaired) electrons. The lowest BCUT2D eigenvalue weighted by molar-refractivity contribution is 0.00944. The fourth-order valence-corrected chi connectivity index (χ4v) is 3.55. The highest BCUT2D eigenvalue weighted by Crippen LogP contribution is 2.27. The van der Waals surface area contributed by atoms with Crippen LogP contribution in [0.15, 0.2) is 29.2 Å². The summed E-state index contributed by atoms with van der Waals surface area (Å²) in [6, 6.07) is 5.21. The van der Waals surface area contributed by atoms with E-state index in [1.807, 2.05) is 0 Å². The van der Waals surface area contributed by atoms with E-state index in [-0.39, 0.29) is 11.4 Å². The predicted molar refractivity (Wildman–Crippen MR) is 69.6 cm³/mol. The summed E-state index contributed by atoms with van der Waals surface area (Å²) in [6.45, 7) is -0.0658. The molecule has 0 saturated heterocycles. The van der Waals surface area contributed by atoms with E-state index in [1.54, 1.807) is 0 Å². The minimum absolute atomic E-state index is 0.0658. The number of aliphatic hydroxyl groups is 1. The SMILES string of the molecule is O=S(=O)(NCC1(O)CCCCC1)c1ccccc1F. The van der Waals surface area contributed by atoms with Crippen LogP contribution < -0.4 is 4.72 Å². The van der Waals surface area contributed by atoms with E-state index in [0.29, 0.717) is 12.8 Å². The lowest BCUT2D eigenvalue weighted by atomic mass is 9.85. The van der Waals surface area contributed by atoms with Gasteiger partial charge in [0.05, 0.1) is 5.60 Å². The van der Waals surface area contributed by atoms with Crippen LogP contribution >= 0.6 is 0 Å². The normalized spacial score (nSPS) is 19.3. The highest BCUT2D eigenvalue weighted by molar-refractivity contribution is 7.89. The standard InChI is InChI=1S/C13H18FNO3S/c14-11-6-2-3-7-12(11)19(17,18)15-10-13(16)8-4-1-5-9-13/h2-3,6-7,15-16H,1,4-5,8-10H2. The maximum Gasteiger partial charge on any atom is 0.243 e. The van der Waals surface area contributed by atoms with Crippen molar-refractivity contribution in [2.24, 2.45) is 0 Å². The van der Waals surface area contributed by atoms with E-state index in [4.69, 9.17) is 0 Å². The molecule has 0 amide bonds. The molecule has 1 saturated carbocycles. The Balaban J connectivity index is 2.08. The molecule has 19 heavy (non-hydrogen) atoms. The lowest BCUT2D eigenvalue weighted by Gasteiger charge is -2.32. The van der Waals surface area contributed by atoms with Gasteiger partial charge in [-0.2, -0.15) is 0 Å². The molecule has 0 spiro atoms. The molecular weight excluding hydrogens is 269 g/mol. The van der Waals surface area contributed by atoms with Gasteiger partial charge >= 0.3 is 0 Å². The fraction of sp³-hybridized carbons (Fsp3) is 0.538. The topological polar surface area (TPSA) is 66.4 Å². The molecule has 106 valence electrons. The number of nitrogens with one attached hydrogen (secondary N) is 1. The van der Waals surface area contributed by atoms with Crippen molar-refractivity contribution in [3.63, 3.8) is 0 Å². The number of rotatable bonds is 4. The Morgan fingerprint density at radius 2 is 1.84 bits per heavy atom. The number of sulfonamides is 1. The first-order valence-corrected chi connectivity index (χ1v) is 7.88. The number of benzene rings is 1. The Labute approximate surface area is 112 Å². The number of halogens is 1. The minimum Gasteiger partial charge on any atom is -0.389 e. The van der Waals surface area contributed by atoms with Crippen molar-refractivity contribution in [2.75, 3.05) is 6.54 Å². The smallest absolute Gasteiger partial charge is 0.243 e. The summed E-state index contributed by atoms with van der Waals surface area (Å²) < 4.78 is 39.7. The van der Waals surface area contributed by atoms with Crippen molar-refractivity contribution in [2.45, 2.75) is 42.6 Å². The van der Waals surface area contributed by atoms with Gasteiger partial charge in [-0.3, -0.25) is 0 Å². The van der Waals surface area contributed by atoms with Crippen LogP contribution in [0.3, 0.4) is 0 Å². The Kier molecular flexibility index (Phi) is 4.23. The van der Waals surface area contributed by atoms with Crippen molar-refractivity contribution in [1.29, 1.82) is 0 Å². The molecule has 1 aromatic carbocycles. The second-order valence-electron chi connectivity index (χ2n) is 5.04. The zero-order valence-electron chi connectivity index (χ0n) is 10.6. The van der Waals surface area contributed by atoms with Crippen LogP contribution in [-0.2, 0) is 10.0 Å². The van der Waals surface area contributed by atoms with Crippen molar-refractivity contribution in [1.82, 2.24) is 4.72 Å². The van der Waals surface area contributed by atoms with E-state index in [2.05, 4.69) is 4.72 Å². The monoisotopic (exact) mass is 287 g/mol. The van der Waals surface area contributed by atoms with Crippen molar-refractivity contribution >= 4 is 10.0 Å². The zero-order valence-corrected chi connectivity index (χ0v) is 11.4. The molecule has 2 N–H and O–H groups in total. The molecule has 2 rings (SSSR count). The van der Waals surface area contributed by atoms with Gasteiger partial charge in [-0.05, 0) is 25.0 Å². The molecule has 0 aromatic heterocycles. The summed E-state index contributed by atoms with van der Waals surface area (Å²) in [5.41, 5.74) is -1.00. The first-order chi connectivity index (χ1) is 8.93. The first kappa shape index (κ1) is 14.4. The second-order valence-corrected chi connectivity index (χ2v) is 6.78. The minimum atomic E-state index is -3.91. The molecule has 0 heterocycles. The van der Waals surface area contributed by atoms with Crippen LogP contribution in [0.4, 0.5) is 4.39 Å². The molecule has 1 fully saturated rings. The molecule has 1 aliphatic carbocycles. The third kappa shape index (κ3) is 3.52. The number of hydrogen-bond acceptors (Lipinski definition) is 3. The van der Waals surface area contributed by atoms with E-state index < -0.39 is 21.4 Å². The van der Waals surface area contributed by atoms with Crippen LogP contribution in [-0.4, -0.2) is 25.7 Å². The largest absolute Gasteiger partial charge is 0.389 e. The maximum absolute atomic E-state index is 13.5. The Hall–Kier alpha value is -0.980. The van der Waals surface area contributed by atoms with Crippen LogP contribution in [0, 0.1) is 5.82 Å². The van der Waals surface area contributed by atoms with Gasteiger partial charge in [0.1, 0.15) is 10.7 Å². The van der Waals surface area contributed by atoms with Crippen LogP contribution in [0.25, 0.3) is 0 Å². The van der Waals surface area contributed by atoms with E-state index >= 15 is 0 Å². The summed E-state index contributed by atoms with van der Waals surface area (Å²) >= 11 is 0. The quantitative estimate of drug-likeness (QED) is 0.887. The summed E-state index contributed by atoms with van der Waals surface area (Å²) in [5, 5.41) is 10.2. The van der Waals surface area contributed by atoms with Gasteiger partial charge in [0, 0.05) is 6.54 Å². The Morgan fingerprint density at radius 1 is 1.21 bits per heavy atom. The van der Waals surface area contributed by atoms with Gasteiger partial charge in [0.2, 0.25) is 10.0 Å². The summed E-state index contributed by atoms with van der Waals surface area (Å²) in [4.78, 5) is -0.380. The maximum atomic E-state index is 13.5. The van der Waals surface area contributed by atoms with Gasteiger partial charge in [0.15, 0.2) is 0 Å². The van der Waals surface area contributed by atoms with Gasteiger partial charge in [-0.15, -0.1) is 0 Å². The highest BCUT2D eigenvalue weighted by Gasteiger charge is 2.31. The molecule has 4 nitrogen and oxygen atoms in total. The van der Waals surface area contributed by atoms with Gasteiger partial charge in [0.25, 0.3) is 0 Å². The van der Waals surface area contributed by atoms with Crippen LogP contribution in [0.2, 0.25) is 0 Å². The van der Waals surface area contributed by atoms with Gasteiger partial charge in [-0.25, -0.2) is 17.5 Å². The molecule has 0 unspecified atom stereocenters. The average Bonchev–Trinajstić information content (AvgIpc) is 2.38. The van der Waals surface area contributed by atoms with E-state index in [1.165, 1.54) is 18.2 Å². The second kappa shape index (κ2) is 5.56. The molecule has 0 aliphatic heterocycles. The fourth-order valence-electron chi connectivity index (χ4n) is 2.36. The first-order valence-electron chi connectivity index (χ1n) is 6.40. The summed E-state index contributed by atoms with van der Waals surface area (Å²) in [7, 11) is -3.91. The highest BCUT2D eigenvalue weighted by atomic mass is 32.2. The molecule has 0 atom stereocenters. The number of hydrogen-bond donors (Lipinski definition) is 2. The van der Waals surface area contributed by atoms with Crippen LogP contribution in [0.1, 0.15) is 32.1 Å². The molecule has 6 heteroatoms. The third-order valence-electron chi connectivity index (χ3n) is 3.50. The predicted octanol–water partition coefficient (Wildman–Crippen LogP) is 1.80. The Bertz CT molecular complexity index is 539. The summed E-state index contributed by atoms with van der Waals surface area (Å²) in [5.74, 6) is -0.786. The average molecular weight is 287 g/mol. The molecule has 1 aromatic rings. The molecule has 1 aliphatic rings. The van der Waals surface area contributed by atoms with Gasteiger partial charge < -0.3 is 5.11 Å². The van der Waals surface area contributed by atoms with Crippen LogP contribution in [0.5, 0.6) is 0 Å². The van der Waals surface area contributed by atoms with Crippen molar-refractivity contribution in [3.8, 4) is 0 Å². The van der Waals surface area contributed by atoms with E-state index in [9.17, 15) is 17.9 Å². The van der Waals surface area contributed by atoms with Crippen molar-refractivity contribution < 1.29 is 17.9 Å². The Morgan fingerprint density at radius 3 is 2.47 bits per heavy atom. The zero-order chi connectivity index (χ0) is 13.9. The van der Waals surface area contributed by atoms with E-state index in [0.717, 1.165) is 25.3 Å². The third-order valence-corrected chi connectivity index (χ3v) is 4.94. The summed E-state index contributed by atoms with van der Waals surface area (Å²) in [6.07, 6.45) is 3.98. The molecule has 0 bridgehead atoms. The van der Waals surface area contributed by atoms with Crippen molar-refractivity contribution in [3.05, 3.63) is 30.1 Å².